The van der Waals surface area contributed by atoms with Crippen LogP contribution in [0.3, 0.4) is 0 Å². The van der Waals surface area contributed by atoms with E-state index >= 15 is 0 Å². The van der Waals surface area contributed by atoms with Crippen LogP contribution < -0.4 is 5.32 Å². The summed E-state index contributed by atoms with van der Waals surface area (Å²) in [5, 5.41) is 3.63. The summed E-state index contributed by atoms with van der Waals surface area (Å²) in [5.41, 5.74) is 1.13. The highest BCUT2D eigenvalue weighted by atomic mass is 15.3. The number of imidazole rings is 1. The summed E-state index contributed by atoms with van der Waals surface area (Å²) in [5.74, 6) is 1.09. The predicted molar refractivity (Wildman–Crippen MR) is 69.4 cm³/mol. The maximum Gasteiger partial charge on any atom is 0.203 e. The van der Waals surface area contributed by atoms with Crippen LogP contribution in [0, 0.1) is 6.92 Å². The topological polar surface area (TPSA) is 33.1 Å². The van der Waals surface area contributed by atoms with Crippen molar-refractivity contribution >= 4 is 5.95 Å². The van der Waals surface area contributed by atoms with E-state index < -0.39 is 0 Å². The van der Waals surface area contributed by atoms with Gasteiger partial charge >= 0.3 is 0 Å². The van der Waals surface area contributed by atoms with Gasteiger partial charge in [-0.2, -0.15) is 0 Å². The summed E-state index contributed by atoms with van der Waals surface area (Å²) in [7, 11) is 2.20. The Balaban J connectivity index is 1.71. The Hall–Kier alpha value is -1.03. The first-order valence-electron chi connectivity index (χ1n) is 6.73. The quantitative estimate of drug-likeness (QED) is 0.868. The highest BCUT2D eigenvalue weighted by molar-refractivity contribution is 5.32. The molecule has 17 heavy (non-hydrogen) atoms. The first-order chi connectivity index (χ1) is 8.22. The zero-order valence-corrected chi connectivity index (χ0v) is 10.8. The lowest BCUT2D eigenvalue weighted by Crippen LogP contribution is -2.40. The van der Waals surface area contributed by atoms with E-state index in [1.165, 1.54) is 32.2 Å². The molecular weight excluding hydrogens is 212 g/mol. The monoisotopic (exact) mass is 234 g/mol. The van der Waals surface area contributed by atoms with Crippen molar-refractivity contribution in [2.45, 2.75) is 44.7 Å². The fourth-order valence-electron chi connectivity index (χ4n) is 2.72. The number of hydrogen-bond acceptors (Lipinski definition) is 3. The van der Waals surface area contributed by atoms with Crippen molar-refractivity contribution < 1.29 is 0 Å². The van der Waals surface area contributed by atoms with Crippen LogP contribution in [-0.2, 0) is 0 Å². The normalized spacial score (nSPS) is 26.1. The predicted octanol–water partition coefficient (Wildman–Crippen LogP) is 2.03. The van der Waals surface area contributed by atoms with Gasteiger partial charge in [-0.3, -0.25) is 0 Å². The van der Waals surface area contributed by atoms with Crippen molar-refractivity contribution in [2.24, 2.45) is 0 Å². The van der Waals surface area contributed by atoms with Gasteiger partial charge < -0.3 is 14.8 Å². The number of rotatable bonds is 3. The number of nitrogens with one attached hydrogen (secondary N) is 1. The summed E-state index contributed by atoms with van der Waals surface area (Å²) >= 11 is 0. The van der Waals surface area contributed by atoms with E-state index in [9.17, 15) is 0 Å². The lowest BCUT2D eigenvalue weighted by Gasteiger charge is -2.30. The maximum atomic E-state index is 4.62. The second kappa shape index (κ2) is 4.33. The Bertz CT molecular complexity index is 394. The van der Waals surface area contributed by atoms with Crippen LogP contribution in [0.4, 0.5) is 5.95 Å². The first-order valence-corrected chi connectivity index (χ1v) is 6.73. The van der Waals surface area contributed by atoms with E-state index in [2.05, 4.69) is 39.9 Å². The Labute approximate surface area is 103 Å². The smallest absolute Gasteiger partial charge is 0.203 e. The fraction of sp³-hybridized carbons (Fsp3) is 0.769. The number of piperidine rings is 1. The highest BCUT2D eigenvalue weighted by Gasteiger charge is 2.27. The molecule has 1 saturated carbocycles. The van der Waals surface area contributed by atoms with Crippen LogP contribution in [0.25, 0.3) is 0 Å². The molecule has 1 unspecified atom stereocenters. The Kier molecular flexibility index (Phi) is 2.82. The molecule has 4 nitrogen and oxygen atoms in total. The van der Waals surface area contributed by atoms with Crippen LogP contribution in [-0.4, -0.2) is 40.6 Å². The van der Waals surface area contributed by atoms with Crippen LogP contribution >= 0.6 is 0 Å². The number of anilines is 1. The number of aryl methyl sites for hydroxylation is 1. The molecule has 94 valence electrons. The second-order valence-corrected chi connectivity index (χ2v) is 5.59. The third-order valence-corrected chi connectivity index (χ3v) is 3.75. The van der Waals surface area contributed by atoms with Crippen molar-refractivity contribution in [2.75, 3.05) is 25.5 Å². The molecule has 1 N–H and O–H groups in total. The molecule has 2 fully saturated rings. The standard InChI is InChI=1S/C13H22N4/c1-10-8-17(12-5-6-12)13(14-10)15-11-4-3-7-16(2)9-11/h8,11-12H,3-7,9H2,1-2H3,(H,14,15). The van der Waals surface area contributed by atoms with Gasteiger partial charge in [0, 0.05) is 24.8 Å². The van der Waals surface area contributed by atoms with E-state index in [1.807, 2.05) is 0 Å². The molecule has 0 amide bonds. The second-order valence-electron chi connectivity index (χ2n) is 5.59. The molecule has 1 aromatic rings. The van der Waals surface area contributed by atoms with Gasteiger partial charge in [-0.05, 0) is 46.2 Å². The first kappa shape index (κ1) is 11.1. The third-order valence-electron chi connectivity index (χ3n) is 3.75. The minimum atomic E-state index is 0.563. The van der Waals surface area contributed by atoms with Crippen molar-refractivity contribution in [3.05, 3.63) is 11.9 Å². The minimum Gasteiger partial charge on any atom is -0.352 e. The summed E-state index contributed by atoms with van der Waals surface area (Å²) in [6.45, 7) is 4.45. The lowest BCUT2D eigenvalue weighted by molar-refractivity contribution is 0.260. The summed E-state index contributed by atoms with van der Waals surface area (Å²) in [6, 6.07) is 1.27. The summed E-state index contributed by atoms with van der Waals surface area (Å²) < 4.78 is 2.34. The van der Waals surface area contributed by atoms with E-state index in [4.69, 9.17) is 0 Å². The number of nitrogens with zero attached hydrogens (tertiary/aromatic N) is 3. The van der Waals surface area contributed by atoms with Gasteiger partial charge in [-0.15, -0.1) is 0 Å². The van der Waals surface area contributed by atoms with Gasteiger partial charge in [0.25, 0.3) is 0 Å². The van der Waals surface area contributed by atoms with Gasteiger partial charge in [0.15, 0.2) is 0 Å². The molecule has 0 aromatic carbocycles. The Morgan fingerprint density at radius 3 is 2.88 bits per heavy atom. The molecule has 1 atom stereocenters. The van der Waals surface area contributed by atoms with Gasteiger partial charge in [0.2, 0.25) is 5.95 Å². The summed E-state index contributed by atoms with van der Waals surface area (Å²) in [6.07, 6.45) is 7.37. The van der Waals surface area contributed by atoms with E-state index in [-0.39, 0.29) is 0 Å². The van der Waals surface area contributed by atoms with Crippen LogP contribution in [0.5, 0.6) is 0 Å². The van der Waals surface area contributed by atoms with Crippen molar-refractivity contribution in [3.8, 4) is 0 Å². The molecule has 0 bridgehead atoms. The number of hydrogen-bond donors (Lipinski definition) is 1. The van der Waals surface area contributed by atoms with Gasteiger partial charge in [-0.25, -0.2) is 4.98 Å². The van der Waals surface area contributed by atoms with Gasteiger partial charge in [-0.1, -0.05) is 0 Å². The van der Waals surface area contributed by atoms with E-state index in [0.29, 0.717) is 12.1 Å². The van der Waals surface area contributed by atoms with Gasteiger partial charge in [0.1, 0.15) is 0 Å². The number of likely N-dealkylation sites (tertiary alicyclic amines) is 1. The molecule has 3 rings (SSSR count). The zero-order chi connectivity index (χ0) is 11.8. The SMILES string of the molecule is Cc1cn(C2CC2)c(NC2CCCN(C)C2)n1. The largest absolute Gasteiger partial charge is 0.352 e. The minimum absolute atomic E-state index is 0.563. The molecule has 2 heterocycles. The van der Waals surface area contributed by atoms with Crippen molar-refractivity contribution in [3.63, 3.8) is 0 Å². The highest BCUT2D eigenvalue weighted by Crippen LogP contribution is 2.37. The van der Waals surface area contributed by atoms with E-state index in [1.54, 1.807) is 0 Å². The van der Waals surface area contributed by atoms with Crippen LogP contribution in [0.15, 0.2) is 6.20 Å². The summed E-state index contributed by atoms with van der Waals surface area (Å²) in [4.78, 5) is 7.03. The Morgan fingerprint density at radius 2 is 2.18 bits per heavy atom. The molecule has 2 aliphatic rings. The molecule has 0 radical (unpaired) electrons. The fourth-order valence-corrected chi connectivity index (χ4v) is 2.72. The number of likely N-dealkylation sites (N-methyl/N-ethyl adjacent to an activating group) is 1. The van der Waals surface area contributed by atoms with Gasteiger partial charge in [0.05, 0.1) is 5.69 Å². The molecule has 1 saturated heterocycles. The molecular formula is C13H22N4. The zero-order valence-electron chi connectivity index (χ0n) is 10.8. The molecule has 1 aromatic heterocycles. The average molecular weight is 234 g/mol. The molecule has 1 aliphatic heterocycles. The molecule has 1 aliphatic carbocycles. The molecule has 4 heteroatoms. The third kappa shape index (κ3) is 2.46. The Morgan fingerprint density at radius 1 is 1.35 bits per heavy atom. The maximum absolute atomic E-state index is 4.62. The van der Waals surface area contributed by atoms with Crippen LogP contribution in [0.2, 0.25) is 0 Å². The molecule has 0 spiro atoms. The van der Waals surface area contributed by atoms with Crippen molar-refractivity contribution in [1.29, 1.82) is 0 Å². The number of aromatic nitrogens is 2. The van der Waals surface area contributed by atoms with Crippen molar-refractivity contribution in [1.82, 2.24) is 14.5 Å². The van der Waals surface area contributed by atoms with E-state index in [0.717, 1.165) is 18.2 Å². The lowest BCUT2D eigenvalue weighted by atomic mass is 10.1. The van der Waals surface area contributed by atoms with Crippen LogP contribution in [0.1, 0.15) is 37.4 Å². The average Bonchev–Trinajstić information content (AvgIpc) is 3.04.